The molecule has 1 aromatic rings. The molecule has 4 saturated carbocycles. The highest BCUT2D eigenvalue weighted by Crippen LogP contribution is 2.59. The Bertz CT molecular complexity index is 553. The molecule has 5 rings (SSSR count). The molecule has 126 valence electrons. The number of nitrogens with zero attached hydrogens (tertiary/aromatic N) is 3. The zero-order chi connectivity index (χ0) is 15.9. The molecule has 0 radical (unpaired) electrons. The number of aliphatic imine (C=N–C) groups is 1. The summed E-state index contributed by atoms with van der Waals surface area (Å²) in [6, 6.07) is 2.04. The second kappa shape index (κ2) is 5.84. The highest BCUT2D eigenvalue weighted by molar-refractivity contribution is 5.79. The Morgan fingerprint density at radius 1 is 1.22 bits per heavy atom. The van der Waals surface area contributed by atoms with Crippen molar-refractivity contribution in [2.75, 3.05) is 13.6 Å². The molecular weight excluding hydrogens is 286 g/mol. The van der Waals surface area contributed by atoms with Gasteiger partial charge in [0.2, 0.25) is 0 Å². The number of aryl methyl sites for hydroxylation is 1. The van der Waals surface area contributed by atoms with Gasteiger partial charge in [-0.05, 0) is 67.8 Å². The minimum atomic E-state index is 0.541. The molecule has 2 N–H and O–H groups in total. The fraction of sp³-hybridized carbons (Fsp3) is 0.778. The lowest BCUT2D eigenvalue weighted by Gasteiger charge is -2.57. The van der Waals surface area contributed by atoms with E-state index in [1.165, 1.54) is 44.2 Å². The van der Waals surface area contributed by atoms with Crippen LogP contribution in [0, 0.1) is 23.2 Å². The van der Waals surface area contributed by atoms with Crippen LogP contribution in [0.1, 0.15) is 44.2 Å². The summed E-state index contributed by atoms with van der Waals surface area (Å²) in [5.41, 5.74) is 1.71. The van der Waals surface area contributed by atoms with Crippen molar-refractivity contribution < 1.29 is 0 Å². The average Bonchev–Trinajstić information content (AvgIpc) is 2.91. The van der Waals surface area contributed by atoms with Crippen molar-refractivity contribution in [2.45, 2.75) is 45.1 Å². The van der Waals surface area contributed by atoms with E-state index in [9.17, 15) is 0 Å². The molecule has 1 aromatic heterocycles. The fourth-order valence-corrected chi connectivity index (χ4v) is 5.75. The van der Waals surface area contributed by atoms with Gasteiger partial charge in [-0.15, -0.1) is 0 Å². The summed E-state index contributed by atoms with van der Waals surface area (Å²) in [6.45, 7) is 1.85. The van der Waals surface area contributed by atoms with Gasteiger partial charge in [-0.3, -0.25) is 9.67 Å². The van der Waals surface area contributed by atoms with Crippen LogP contribution in [0.25, 0.3) is 0 Å². The summed E-state index contributed by atoms with van der Waals surface area (Å²) >= 11 is 0. The standard InChI is InChI=1S/C18H29N5/c1-19-17(20-11-16-3-4-22-23(16)2)21-12-18-8-13-5-14(9-18)7-15(6-13)10-18/h3-4,13-15H,5-12H2,1-2H3,(H2,19,20,21). The van der Waals surface area contributed by atoms with Gasteiger partial charge in [0.05, 0.1) is 12.2 Å². The van der Waals surface area contributed by atoms with Crippen LogP contribution in [0.4, 0.5) is 0 Å². The highest BCUT2D eigenvalue weighted by Gasteiger charge is 2.50. The average molecular weight is 315 g/mol. The molecule has 0 atom stereocenters. The van der Waals surface area contributed by atoms with E-state index < -0.39 is 0 Å². The van der Waals surface area contributed by atoms with E-state index in [1.54, 1.807) is 0 Å². The van der Waals surface area contributed by atoms with Crippen LogP contribution in [0.3, 0.4) is 0 Å². The van der Waals surface area contributed by atoms with Gasteiger partial charge in [0.15, 0.2) is 5.96 Å². The van der Waals surface area contributed by atoms with Crippen LogP contribution in [-0.2, 0) is 13.6 Å². The predicted molar refractivity (Wildman–Crippen MR) is 92.0 cm³/mol. The first-order valence-electron chi connectivity index (χ1n) is 9.07. The van der Waals surface area contributed by atoms with Crippen LogP contribution >= 0.6 is 0 Å². The van der Waals surface area contributed by atoms with Crippen molar-refractivity contribution >= 4 is 5.96 Å². The lowest BCUT2D eigenvalue weighted by atomic mass is 9.49. The van der Waals surface area contributed by atoms with Gasteiger partial charge in [-0.1, -0.05) is 0 Å². The Morgan fingerprint density at radius 3 is 2.39 bits per heavy atom. The molecule has 5 heteroatoms. The molecule has 5 nitrogen and oxygen atoms in total. The van der Waals surface area contributed by atoms with Gasteiger partial charge in [0.1, 0.15) is 0 Å². The number of hydrogen-bond acceptors (Lipinski definition) is 2. The molecule has 4 aliphatic carbocycles. The van der Waals surface area contributed by atoms with Crippen LogP contribution < -0.4 is 10.6 Å². The first-order chi connectivity index (χ1) is 11.2. The number of rotatable bonds is 4. The van der Waals surface area contributed by atoms with Crippen LogP contribution in [0.15, 0.2) is 17.3 Å². The van der Waals surface area contributed by atoms with Gasteiger partial charge in [-0.2, -0.15) is 5.10 Å². The Morgan fingerprint density at radius 2 is 1.87 bits per heavy atom. The van der Waals surface area contributed by atoms with Crippen LogP contribution in [0.2, 0.25) is 0 Å². The first kappa shape index (κ1) is 15.0. The highest BCUT2D eigenvalue weighted by atomic mass is 15.3. The van der Waals surface area contributed by atoms with E-state index in [0.717, 1.165) is 36.8 Å². The Balaban J connectivity index is 1.33. The maximum atomic E-state index is 4.40. The molecule has 0 saturated heterocycles. The quantitative estimate of drug-likeness (QED) is 0.662. The third-order valence-electron chi connectivity index (χ3n) is 6.38. The number of aromatic nitrogens is 2. The van der Waals surface area contributed by atoms with Crippen molar-refractivity contribution in [2.24, 2.45) is 35.2 Å². The van der Waals surface area contributed by atoms with Gasteiger partial charge < -0.3 is 10.6 Å². The lowest BCUT2D eigenvalue weighted by molar-refractivity contribution is -0.0492. The van der Waals surface area contributed by atoms with Gasteiger partial charge in [0, 0.05) is 26.8 Å². The van der Waals surface area contributed by atoms with Crippen molar-refractivity contribution in [1.29, 1.82) is 0 Å². The zero-order valence-corrected chi connectivity index (χ0v) is 14.4. The Kier molecular flexibility index (Phi) is 3.82. The first-order valence-corrected chi connectivity index (χ1v) is 9.07. The van der Waals surface area contributed by atoms with E-state index in [2.05, 4.69) is 20.7 Å². The largest absolute Gasteiger partial charge is 0.356 e. The molecule has 0 aliphatic heterocycles. The third-order valence-corrected chi connectivity index (χ3v) is 6.38. The second-order valence-electron chi connectivity index (χ2n) is 8.14. The van der Waals surface area contributed by atoms with Gasteiger partial charge in [-0.25, -0.2) is 0 Å². The topological polar surface area (TPSA) is 54.2 Å². The molecule has 1 heterocycles. The SMILES string of the molecule is CN=C(NCc1ccnn1C)NCC12CC3CC(CC(C3)C1)C2. The summed E-state index contributed by atoms with van der Waals surface area (Å²) in [5.74, 6) is 3.94. The molecule has 4 fully saturated rings. The maximum absolute atomic E-state index is 4.40. The van der Waals surface area contributed by atoms with Gasteiger partial charge >= 0.3 is 0 Å². The summed E-state index contributed by atoms with van der Waals surface area (Å²) < 4.78 is 1.90. The summed E-state index contributed by atoms with van der Waals surface area (Å²) in [6.07, 6.45) is 10.7. The van der Waals surface area contributed by atoms with Crippen molar-refractivity contribution in [3.05, 3.63) is 18.0 Å². The van der Waals surface area contributed by atoms with E-state index in [1.807, 2.05) is 31.0 Å². The predicted octanol–water partition coefficient (Wildman–Crippen LogP) is 2.30. The summed E-state index contributed by atoms with van der Waals surface area (Å²) in [5, 5.41) is 11.3. The second-order valence-corrected chi connectivity index (χ2v) is 8.14. The summed E-state index contributed by atoms with van der Waals surface area (Å²) in [4.78, 5) is 4.40. The maximum Gasteiger partial charge on any atom is 0.191 e. The fourth-order valence-electron chi connectivity index (χ4n) is 5.75. The molecular formula is C18H29N5. The Hall–Kier alpha value is -1.52. The van der Waals surface area contributed by atoms with Crippen molar-refractivity contribution in [1.82, 2.24) is 20.4 Å². The van der Waals surface area contributed by atoms with Crippen molar-refractivity contribution in [3.63, 3.8) is 0 Å². The molecule has 4 bridgehead atoms. The molecule has 0 aromatic carbocycles. The van der Waals surface area contributed by atoms with E-state index in [4.69, 9.17) is 0 Å². The van der Waals surface area contributed by atoms with Crippen molar-refractivity contribution in [3.8, 4) is 0 Å². The van der Waals surface area contributed by atoms with E-state index in [-0.39, 0.29) is 0 Å². The molecule has 0 amide bonds. The molecule has 4 aliphatic rings. The minimum Gasteiger partial charge on any atom is -0.356 e. The monoisotopic (exact) mass is 315 g/mol. The molecule has 0 spiro atoms. The lowest BCUT2D eigenvalue weighted by Crippen LogP contribution is -2.52. The smallest absolute Gasteiger partial charge is 0.191 e. The molecule has 23 heavy (non-hydrogen) atoms. The normalized spacial score (nSPS) is 35.6. The van der Waals surface area contributed by atoms with E-state index in [0.29, 0.717) is 5.41 Å². The molecule has 0 unspecified atom stereocenters. The zero-order valence-electron chi connectivity index (χ0n) is 14.4. The van der Waals surface area contributed by atoms with Crippen LogP contribution in [0.5, 0.6) is 0 Å². The number of nitrogens with one attached hydrogen (secondary N) is 2. The van der Waals surface area contributed by atoms with Gasteiger partial charge in [0.25, 0.3) is 0 Å². The van der Waals surface area contributed by atoms with Crippen LogP contribution in [-0.4, -0.2) is 29.3 Å². The summed E-state index contributed by atoms with van der Waals surface area (Å²) in [7, 11) is 3.83. The minimum absolute atomic E-state index is 0.541. The number of guanidine groups is 1. The third kappa shape index (κ3) is 2.98. The number of hydrogen-bond donors (Lipinski definition) is 2. The Labute approximate surface area is 138 Å². The van der Waals surface area contributed by atoms with E-state index >= 15 is 0 Å².